The number of nitrogens with zero attached hydrogens (tertiary/aromatic N) is 4. The fraction of sp³-hybridized carbons (Fsp3) is 0. The van der Waals surface area contributed by atoms with Crippen LogP contribution < -0.4 is 0 Å². The second-order valence-corrected chi connectivity index (χ2v) is 14.3. The van der Waals surface area contributed by atoms with Crippen molar-refractivity contribution in [1.82, 2.24) is 19.9 Å². The van der Waals surface area contributed by atoms with Crippen molar-refractivity contribution in [3.63, 3.8) is 0 Å². The van der Waals surface area contributed by atoms with Gasteiger partial charge in [0.05, 0.1) is 22.4 Å². The Bertz CT molecular complexity index is 2650. The molecule has 0 fully saturated rings. The summed E-state index contributed by atoms with van der Waals surface area (Å²) in [5.41, 5.74) is 9.15. The lowest BCUT2D eigenvalue weighted by atomic mass is 9.88. The van der Waals surface area contributed by atoms with E-state index in [0.29, 0.717) is 5.82 Å². The molecule has 6 heteroatoms. The number of benzene rings is 7. The third-order valence-electron chi connectivity index (χ3n) is 9.17. The van der Waals surface area contributed by atoms with Crippen LogP contribution in [-0.2, 0) is 0 Å². The molecule has 7 aromatic carbocycles. The average Bonchev–Trinajstić information content (AvgIpc) is 3.18. The fourth-order valence-electron chi connectivity index (χ4n) is 6.89. The minimum absolute atomic E-state index is 0.712. The van der Waals surface area contributed by atoms with Crippen LogP contribution in [0.4, 0.5) is 0 Å². The number of aromatic nitrogens is 4. The SMILES string of the molecule is c1ccc(-c2cc(-c3ccccc3)nc(-c3c4ccccc4c(-c4ccc5c(c4)Sc4nc6ccccc6nc4S5)c4ccccc34)n2)cc1. The maximum Gasteiger partial charge on any atom is 0.161 e. The molecule has 234 valence electrons. The first-order chi connectivity index (χ1) is 24.8. The van der Waals surface area contributed by atoms with Crippen molar-refractivity contribution in [2.45, 2.75) is 19.8 Å². The highest BCUT2D eigenvalue weighted by Crippen LogP contribution is 2.50. The highest BCUT2D eigenvalue weighted by Gasteiger charge is 2.24. The predicted octanol–water partition coefficient (Wildman–Crippen LogP) is 12.0. The lowest BCUT2D eigenvalue weighted by Crippen LogP contribution is -1.99. The van der Waals surface area contributed by atoms with Gasteiger partial charge in [0.2, 0.25) is 0 Å². The van der Waals surface area contributed by atoms with E-state index >= 15 is 0 Å². The summed E-state index contributed by atoms with van der Waals surface area (Å²) >= 11 is 3.40. The third kappa shape index (κ3) is 4.95. The molecule has 0 saturated carbocycles. The molecule has 4 nitrogen and oxygen atoms in total. The van der Waals surface area contributed by atoms with E-state index in [1.165, 1.54) is 15.4 Å². The van der Waals surface area contributed by atoms with E-state index in [9.17, 15) is 0 Å². The highest BCUT2D eigenvalue weighted by molar-refractivity contribution is 8.05. The Morgan fingerprint density at radius 2 is 0.800 bits per heavy atom. The van der Waals surface area contributed by atoms with Crippen molar-refractivity contribution < 1.29 is 0 Å². The maximum atomic E-state index is 5.27. The first-order valence-electron chi connectivity index (χ1n) is 16.5. The zero-order chi connectivity index (χ0) is 33.0. The topological polar surface area (TPSA) is 51.6 Å². The summed E-state index contributed by atoms with van der Waals surface area (Å²) in [4.78, 5) is 22.8. The van der Waals surface area contributed by atoms with Crippen LogP contribution in [0.15, 0.2) is 178 Å². The van der Waals surface area contributed by atoms with E-state index in [4.69, 9.17) is 19.9 Å². The van der Waals surface area contributed by atoms with Crippen molar-refractivity contribution in [2.75, 3.05) is 0 Å². The van der Waals surface area contributed by atoms with Gasteiger partial charge in [0.25, 0.3) is 0 Å². The van der Waals surface area contributed by atoms with Crippen LogP contribution in [0.5, 0.6) is 0 Å². The van der Waals surface area contributed by atoms with Gasteiger partial charge in [-0.05, 0) is 63.0 Å². The Kier molecular flexibility index (Phi) is 6.96. The summed E-state index contributed by atoms with van der Waals surface area (Å²) in [6, 6.07) is 55.1. The van der Waals surface area contributed by atoms with E-state index in [1.807, 2.05) is 36.4 Å². The molecule has 0 amide bonds. The van der Waals surface area contributed by atoms with Gasteiger partial charge >= 0.3 is 0 Å². The Morgan fingerprint density at radius 3 is 1.34 bits per heavy atom. The van der Waals surface area contributed by atoms with Crippen molar-refractivity contribution in [3.05, 3.63) is 158 Å². The molecule has 0 saturated heterocycles. The van der Waals surface area contributed by atoms with Crippen LogP contribution in [0.3, 0.4) is 0 Å². The molecule has 0 N–H and O–H groups in total. The third-order valence-corrected chi connectivity index (χ3v) is 11.5. The predicted molar refractivity (Wildman–Crippen MR) is 207 cm³/mol. The number of rotatable bonds is 4. The van der Waals surface area contributed by atoms with Gasteiger partial charge in [-0.25, -0.2) is 19.9 Å². The summed E-state index contributed by atoms with van der Waals surface area (Å²) in [7, 11) is 0. The Labute approximate surface area is 297 Å². The smallest absolute Gasteiger partial charge is 0.161 e. The molecule has 1 aliphatic heterocycles. The minimum atomic E-state index is 0.712. The van der Waals surface area contributed by atoms with Gasteiger partial charge in [-0.15, -0.1) is 0 Å². The van der Waals surface area contributed by atoms with Crippen LogP contribution >= 0.6 is 23.5 Å². The molecule has 10 rings (SSSR count). The molecule has 9 aromatic rings. The second kappa shape index (κ2) is 11.9. The van der Waals surface area contributed by atoms with Crippen molar-refractivity contribution >= 4 is 56.1 Å². The molecular weight excluding hydrogens is 649 g/mol. The molecule has 2 aromatic heterocycles. The monoisotopic (exact) mass is 674 g/mol. The highest BCUT2D eigenvalue weighted by atomic mass is 32.2. The van der Waals surface area contributed by atoms with Crippen LogP contribution in [0.1, 0.15) is 0 Å². The first-order valence-corrected chi connectivity index (χ1v) is 18.1. The zero-order valence-electron chi connectivity index (χ0n) is 26.6. The van der Waals surface area contributed by atoms with Gasteiger partial charge in [-0.1, -0.05) is 151 Å². The average molecular weight is 675 g/mol. The summed E-state index contributed by atoms with van der Waals surface area (Å²) in [6.07, 6.45) is 0. The van der Waals surface area contributed by atoms with E-state index in [2.05, 4.69) is 121 Å². The normalized spacial score (nSPS) is 12.2. The number of fused-ring (bicyclic) bond motifs is 5. The van der Waals surface area contributed by atoms with E-state index in [-0.39, 0.29) is 0 Å². The van der Waals surface area contributed by atoms with Crippen LogP contribution in [-0.4, -0.2) is 19.9 Å². The van der Waals surface area contributed by atoms with Crippen molar-refractivity contribution in [3.8, 4) is 45.0 Å². The van der Waals surface area contributed by atoms with Crippen LogP contribution in [0, 0.1) is 0 Å². The molecule has 0 bridgehead atoms. The fourth-order valence-corrected chi connectivity index (χ4v) is 9.01. The van der Waals surface area contributed by atoms with Gasteiger partial charge in [-0.3, -0.25) is 0 Å². The molecule has 1 aliphatic rings. The van der Waals surface area contributed by atoms with Gasteiger partial charge in [-0.2, -0.15) is 0 Å². The maximum absolute atomic E-state index is 5.27. The van der Waals surface area contributed by atoms with E-state index in [0.717, 1.165) is 76.3 Å². The largest absolute Gasteiger partial charge is 0.237 e. The molecule has 0 unspecified atom stereocenters. The minimum Gasteiger partial charge on any atom is -0.237 e. The van der Waals surface area contributed by atoms with Crippen LogP contribution in [0.25, 0.3) is 77.6 Å². The molecular formula is C44H26N4S2. The van der Waals surface area contributed by atoms with Gasteiger partial charge < -0.3 is 0 Å². The summed E-state index contributed by atoms with van der Waals surface area (Å²) in [5, 5.41) is 6.47. The molecule has 0 spiro atoms. The molecule has 3 heterocycles. The molecule has 50 heavy (non-hydrogen) atoms. The van der Waals surface area contributed by atoms with Crippen molar-refractivity contribution in [1.29, 1.82) is 0 Å². The molecule has 0 radical (unpaired) electrons. The lowest BCUT2D eigenvalue weighted by molar-refractivity contribution is 0.953. The van der Waals surface area contributed by atoms with Gasteiger partial charge in [0.15, 0.2) is 5.82 Å². The molecule has 0 atom stereocenters. The Hall–Kier alpha value is -5.82. The first kappa shape index (κ1) is 29.1. The molecule has 0 aliphatic carbocycles. The van der Waals surface area contributed by atoms with Crippen LogP contribution in [0.2, 0.25) is 0 Å². The Morgan fingerprint density at radius 1 is 0.340 bits per heavy atom. The second-order valence-electron chi connectivity index (χ2n) is 12.2. The van der Waals surface area contributed by atoms with E-state index in [1.54, 1.807) is 23.5 Å². The summed E-state index contributed by atoms with van der Waals surface area (Å²) in [5.74, 6) is 0.712. The standard InChI is InChI=1S/C44H26N4S2/c1-3-13-27(14-4-1)36-26-37(28-15-5-2-6-16-28)46-42(45-36)41-32-19-9-7-17-30(32)40(31-18-8-10-20-33(31)41)29-23-24-38-39(25-29)50-44-43(49-38)47-34-21-11-12-22-35(34)48-44/h1-26H. The number of para-hydroxylation sites is 2. The Balaban J connectivity index is 1.19. The van der Waals surface area contributed by atoms with E-state index < -0.39 is 0 Å². The van der Waals surface area contributed by atoms with Crippen molar-refractivity contribution in [2.24, 2.45) is 0 Å². The van der Waals surface area contributed by atoms with Gasteiger partial charge in [0.1, 0.15) is 10.1 Å². The van der Waals surface area contributed by atoms with Gasteiger partial charge in [0, 0.05) is 26.5 Å². The summed E-state index contributed by atoms with van der Waals surface area (Å²) in [6.45, 7) is 0. The number of hydrogen-bond acceptors (Lipinski definition) is 6. The number of hydrogen-bond donors (Lipinski definition) is 0. The quantitative estimate of drug-likeness (QED) is 0.173. The summed E-state index contributed by atoms with van der Waals surface area (Å²) < 4.78 is 0. The zero-order valence-corrected chi connectivity index (χ0v) is 28.2. The lowest BCUT2D eigenvalue weighted by Gasteiger charge is -2.20.